The van der Waals surface area contributed by atoms with E-state index in [4.69, 9.17) is 0 Å². The molecule has 0 aromatic heterocycles. The van der Waals surface area contributed by atoms with Crippen LogP contribution < -0.4 is 0 Å². The number of alkyl halides is 1. The zero-order chi connectivity index (χ0) is 11.2. The van der Waals surface area contributed by atoms with Gasteiger partial charge in [-0.05, 0) is 19.3 Å². The molecule has 0 aromatic carbocycles. The zero-order valence-corrected chi connectivity index (χ0v) is 10.2. The summed E-state index contributed by atoms with van der Waals surface area (Å²) in [4.78, 5) is 0. The molecule has 0 nitrogen and oxygen atoms in total. The van der Waals surface area contributed by atoms with Crippen molar-refractivity contribution >= 4 is 0 Å². The molecule has 0 radical (unpaired) electrons. The van der Waals surface area contributed by atoms with Gasteiger partial charge in [-0.1, -0.05) is 27.7 Å². The van der Waals surface area contributed by atoms with Crippen molar-refractivity contribution in [1.82, 2.24) is 0 Å². The third-order valence-corrected chi connectivity index (χ3v) is 2.90. The molecule has 0 N–H and O–H groups in total. The quantitative estimate of drug-likeness (QED) is 0.594. The third-order valence-electron chi connectivity index (χ3n) is 2.90. The van der Waals surface area contributed by atoms with E-state index in [1.54, 1.807) is 6.92 Å². The van der Waals surface area contributed by atoms with E-state index in [9.17, 15) is 4.39 Å². The van der Waals surface area contributed by atoms with E-state index < -0.39 is 6.17 Å². The lowest BCUT2D eigenvalue weighted by molar-refractivity contribution is 0.139. The summed E-state index contributed by atoms with van der Waals surface area (Å²) in [7, 11) is 0. The van der Waals surface area contributed by atoms with Gasteiger partial charge < -0.3 is 0 Å². The summed E-state index contributed by atoms with van der Waals surface area (Å²) in [6.45, 7) is 9.92. The fourth-order valence-corrected chi connectivity index (χ4v) is 1.09. The molecule has 82 valence electrons. The fraction of sp³-hybridized carbons (Fsp3) is 0.846. The minimum absolute atomic E-state index is 0.260. The summed E-state index contributed by atoms with van der Waals surface area (Å²) >= 11 is 0. The zero-order valence-electron chi connectivity index (χ0n) is 10.2. The van der Waals surface area contributed by atoms with Crippen molar-refractivity contribution in [2.75, 3.05) is 0 Å². The summed E-state index contributed by atoms with van der Waals surface area (Å²) in [5.74, 6) is 6.82. The van der Waals surface area contributed by atoms with E-state index in [2.05, 4.69) is 25.7 Å². The molecule has 0 saturated heterocycles. The number of hydrogen-bond donors (Lipinski definition) is 0. The second kappa shape index (κ2) is 6.06. The lowest BCUT2D eigenvalue weighted by Crippen LogP contribution is -2.25. The molecule has 0 bridgehead atoms. The highest BCUT2D eigenvalue weighted by atomic mass is 19.1. The lowest BCUT2D eigenvalue weighted by Gasteiger charge is -2.27. The van der Waals surface area contributed by atoms with Crippen LogP contribution in [0.25, 0.3) is 0 Å². The Morgan fingerprint density at radius 2 is 1.79 bits per heavy atom. The van der Waals surface area contributed by atoms with Crippen molar-refractivity contribution in [3.8, 4) is 11.8 Å². The van der Waals surface area contributed by atoms with Gasteiger partial charge in [0.25, 0.3) is 0 Å². The van der Waals surface area contributed by atoms with Crippen LogP contribution in [0.1, 0.15) is 53.9 Å². The van der Waals surface area contributed by atoms with Crippen molar-refractivity contribution in [2.45, 2.75) is 60.1 Å². The van der Waals surface area contributed by atoms with Crippen LogP contribution in [0.15, 0.2) is 0 Å². The molecule has 0 saturated carbocycles. The van der Waals surface area contributed by atoms with Gasteiger partial charge in [-0.25, -0.2) is 4.39 Å². The number of hydrogen-bond acceptors (Lipinski definition) is 0. The van der Waals surface area contributed by atoms with Gasteiger partial charge in [0.15, 0.2) is 0 Å². The predicted molar refractivity (Wildman–Crippen MR) is 60.8 cm³/mol. The van der Waals surface area contributed by atoms with Gasteiger partial charge in [-0.3, -0.25) is 0 Å². The fourth-order valence-electron chi connectivity index (χ4n) is 1.09. The normalized spacial score (nSPS) is 17.1. The molecule has 1 heteroatoms. The molecule has 0 heterocycles. The SMILES string of the molecule is CCC(C)(CC#CCC(C)C)C(C)F. The summed E-state index contributed by atoms with van der Waals surface area (Å²) in [5.41, 5.74) is -0.260. The predicted octanol–water partition coefficient (Wildman–Crippen LogP) is 4.20. The molecule has 0 rings (SSSR count). The van der Waals surface area contributed by atoms with Gasteiger partial charge >= 0.3 is 0 Å². The molecule has 2 atom stereocenters. The van der Waals surface area contributed by atoms with Gasteiger partial charge in [0, 0.05) is 18.3 Å². The van der Waals surface area contributed by atoms with Crippen molar-refractivity contribution in [2.24, 2.45) is 11.3 Å². The maximum absolute atomic E-state index is 13.3. The van der Waals surface area contributed by atoms with Crippen LogP contribution in [-0.2, 0) is 0 Å². The summed E-state index contributed by atoms with van der Waals surface area (Å²) in [6, 6.07) is 0. The first-order valence-electron chi connectivity index (χ1n) is 5.52. The molecular formula is C13H23F. The van der Waals surface area contributed by atoms with E-state index in [0.29, 0.717) is 12.3 Å². The Bertz CT molecular complexity index is 207. The van der Waals surface area contributed by atoms with Crippen LogP contribution in [0, 0.1) is 23.2 Å². The topological polar surface area (TPSA) is 0 Å². The molecule has 0 aromatic rings. The van der Waals surface area contributed by atoms with Gasteiger partial charge in [-0.2, -0.15) is 0 Å². The Labute approximate surface area is 88.3 Å². The Kier molecular flexibility index (Phi) is 5.84. The largest absolute Gasteiger partial charge is 0.247 e. The molecule has 0 fully saturated rings. The molecule has 0 aliphatic rings. The van der Waals surface area contributed by atoms with Gasteiger partial charge in [0.2, 0.25) is 0 Å². The van der Waals surface area contributed by atoms with E-state index in [1.807, 2.05) is 13.8 Å². The van der Waals surface area contributed by atoms with Crippen molar-refractivity contribution < 1.29 is 4.39 Å². The first-order chi connectivity index (χ1) is 6.42. The van der Waals surface area contributed by atoms with Crippen molar-refractivity contribution in [3.05, 3.63) is 0 Å². The standard InChI is InChI=1S/C13H23F/c1-6-13(5,12(4)14)10-8-7-9-11(2)3/h11-12H,6,9-10H2,1-5H3. The Morgan fingerprint density at radius 3 is 2.14 bits per heavy atom. The van der Waals surface area contributed by atoms with Crippen molar-refractivity contribution in [3.63, 3.8) is 0 Å². The average Bonchev–Trinajstić information content (AvgIpc) is 2.11. The molecule has 0 aliphatic heterocycles. The highest BCUT2D eigenvalue weighted by molar-refractivity contribution is 5.03. The molecular weight excluding hydrogens is 175 g/mol. The second-order valence-electron chi connectivity index (χ2n) is 4.75. The minimum Gasteiger partial charge on any atom is -0.247 e. The van der Waals surface area contributed by atoms with E-state index in [0.717, 1.165) is 12.8 Å². The minimum atomic E-state index is -0.777. The van der Waals surface area contributed by atoms with Gasteiger partial charge in [0.1, 0.15) is 6.17 Å². The van der Waals surface area contributed by atoms with Gasteiger partial charge in [-0.15, -0.1) is 11.8 Å². The first-order valence-corrected chi connectivity index (χ1v) is 5.52. The Hall–Kier alpha value is -0.510. The number of rotatable bonds is 4. The average molecular weight is 198 g/mol. The van der Waals surface area contributed by atoms with Crippen LogP contribution in [0.3, 0.4) is 0 Å². The second-order valence-corrected chi connectivity index (χ2v) is 4.75. The summed E-state index contributed by atoms with van der Waals surface area (Å²) < 4.78 is 13.3. The van der Waals surface area contributed by atoms with E-state index >= 15 is 0 Å². The summed E-state index contributed by atoms with van der Waals surface area (Å²) in [6.07, 6.45) is 1.66. The highest BCUT2D eigenvalue weighted by Gasteiger charge is 2.28. The highest BCUT2D eigenvalue weighted by Crippen LogP contribution is 2.31. The maximum Gasteiger partial charge on any atom is 0.104 e. The Balaban J connectivity index is 4.11. The molecule has 0 spiro atoms. The van der Waals surface area contributed by atoms with E-state index in [1.165, 1.54) is 0 Å². The molecule has 14 heavy (non-hydrogen) atoms. The van der Waals surface area contributed by atoms with Crippen molar-refractivity contribution in [1.29, 1.82) is 0 Å². The van der Waals surface area contributed by atoms with Crippen LogP contribution in [-0.4, -0.2) is 6.17 Å². The smallest absolute Gasteiger partial charge is 0.104 e. The Morgan fingerprint density at radius 1 is 1.21 bits per heavy atom. The first kappa shape index (κ1) is 13.5. The van der Waals surface area contributed by atoms with Crippen LogP contribution in [0.4, 0.5) is 4.39 Å². The van der Waals surface area contributed by atoms with E-state index in [-0.39, 0.29) is 5.41 Å². The molecule has 0 amide bonds. The monoisotopic (exact) mass is 198 g/mol. The maximum atomic E-state index is 13.3. The van der Waals surface area contributed by atoms with Crippen LogP contribution >= 0.6 is 0 Å². The van der Waals surface area contributed by atoms with Crippen LogP contribution in [0.5, 0.6) is 0 Å². The third kappa shape index (κ3) is 4.65. The summed E-state index contributed by atoms with van der Waals surface area (Å²) in [5, 5.41) is 0. The lowest BCUT2D eigenvalue weighted by atomic mass is 9.80. The molecule has 2 unspecified atom stereocenters. The van der Waals surface area contributed by atoms with Gasteiger partial charge in [0.05, 0.1) is 0 Å². The molecule has 0 aliphatic carbocycles. The number of halogens is 1. The van der Waals surface area contributed by atoms with Crippen LogP contribution in [0.2, 0.25) is 0 Å².